The second-order valence-electron chi connectivity index (χ2n) is 2.51. The summed E-state index contributed by atoms with van der Waals surface area (Å²) in [7, 11) is 0. The SMILES string of the molecule is C/C=C\n1nnc2ccccc21. The minimum absolute atomic E-state index is 0.926. The minimum Gasteiger partial charge on any atom is -0.220 e. The van der Waals surface area contributed by atoms with Crippen molar-refractivity contribution in [1.82, 2.24) is 15.0 Å². The molecule has 0 unspecified atom stereocenters. The third-order valence-corrected chi connectivity index (χ3v) is 1.67. The molecule has 3 nitrogen and oxygen atoms in total. The molecule has 0 aliphatic rings. The van der Waals surface area contributed by atoms with Gasteiger partial charge < -0.3 is 0 Å². The van der Waals surface area contributed by atoms with Gasteiger partial charge in [-0.3, -0.25) is 0 Å². The first-order chi connectivity index (χ1) is 5.92. The summed E-state index contributed by atoms with van der Waals surface area (Å²) in [6, 6.07) is 7.88. The Balaban J connectivity index is 2.70. The lowest BCUT2D eigenvalue weighted by Gasteiger charge is -1.90. The molecule has 0 aliphatic heterocycles. The van der Waals surface area contributed by atoms with Gasteiger partial charge in [-0.15, -0.1) is 5.10 Å². The van der Waals surface area contributed by atoms with Crippen LogP contribution in [0.5, 0.6) is 0 Å². The Labute approximate surface area is 70.3 Å². The largest absolute Gasteiger partial charge is 0.220 e. The van der Waals surface area contributed by atoms with Crippen LogP contribution < -0.4 is 0 Å². The molecule has 0 saturated heterocycles. The van der Waals surface area contributed by atoms with E-state index in [1.165, 1.54) is 0 Å². The molecule has 0 bridgehead atoms. The molecule has 2 aromatic rings. The van der Waals surface area contributed by atoms with Crippen LogP contribution in [0.4, 0.5) is 0 Å². The van der Waals surface area contributed by atoms with E-state index in [0.29, 0.717) is 0 Å². The Kier molecular flexibility index (Phi) is 1.63. The molecular formula is C9H9N3. The molecule has 12 heavy (non-hydrogen) atoms. The van der Waals surface area contributed by atoms with E-state index >= 15 is 0 Å². The summed E-state index contributed by atoms with van der Waals surface area (Å²) in [5.41, 5.74) is 1.96. The van der Waals surface area contributed by atoms with Crippen LogP contribution >= 0.6 is 0 Å². The van der Waals surface area contributed by atoms with Gasteiger partial charge in [0.1, 0.15) is 5.52 Å². The zero-order chi connectivity index (χ0) is 8.39. The van der Waals surface area contributed by atoms with E-state index < -0.39 is 0 Å². The monoisotopic (exact) mass is 159 g/mol. The Morgan fingerprint density at radius 2 is 2.17 bits per heavy atom. The third-order valence-electron chi connectivity index (χ3n) is 1.67. The van der Waals surface area contributed by atoms with Crippen molar-refractivity contribution in [2.24, 2.45) is 0 Å². The quantitative estimate of drug-likeness (QED) is 0.636. The van der Waals surface area contributed by atoms with E-state index in [9.17, 15) is 0 Å². The van der Waals surface area contributed by atoms with Gasteiger partial charge in [-0.05, 0) is 19.1 Å². The average molecular weight is 159 g/mol. The number of benzene rings is 1. The summed E-state index contributed by atoms with van der Waals surface area (Å²) in [6.45, 7) is 1.95. The summed E-state index contributed by atoms with van der Waals surface area (Å²) < 4.78 is 1.76. The van der Waals surface area contributed by atoms with Crippen LogP contribution in [0.1, 0.15) is 6.92 Å². The van der Waals surface area contributed by atoms with Crippen molar-refractivity contribution in [2.45, 2.75) is 6.92 Å². The van der Waals surface area contributed by atoms with Crippen LogP contribution in [0.25, 0.3) is 17.2 Å². The Bertz CT molecular complexity index is 414. The number of aromatic nitrogens is 3. The fraction of sp³-hybridized carbons (Fsp3) is 0.111. The fourth-order valence-electron chi connectivity index (χ4n) is 1.14. The number of nitrogens with zero attached hydrogens (tertiary/aromatic N) is 3. The van der Waals surface area contributed by atoms with Gasteiger partial charge in [0.25, 0.3) is 0 Å². The molecule has 0 fully saturated rings. The van der Waals surface area contributed by atoms with E-state index in [-0.39, 0.29) is 0 Å². The highest BCUT2D eigenvalue weighted by Gasteiger charge is 1.97. The van der Waals surface area contributed by atoms with Gasteiger partial charge in [-0.2, -0.15) is 0 Å². The van der Waals surface area contributed by atoms with Crippen molar-refractivity contribution < 1.29 is 0 Å². The van der Waals surface area contributed by atoms with Gasteiger partial charge in [-0.1, -0.05) is 23.4 Å². The van der Waals surface area contributed by atoms with Gasteiger partial charge in [-0.25, -0.2) is 4.68 Å². The zero-order valence-electron chi connectivity index (χ0n) is 6.81. The standard InChI is InChI=1S/C9H9N3/c1-2-7-12-9-6-4-3-5-8(9)10-11-12/h2-7H,1H3/b7-2-. The van der Waals surface area contributed by atoms with Crippen molar-refractivity contribution in [3.05, 3.63) is 30.3 Å². The average Bonchev–Trinajstić information content (AvgIpc) is 2.50. The molecule has 60 valence electrons. The van der Waals surface area contributed by atoms with Crippen molar-refractivity contribution in [3.8, 4) is 0 Å². The highest BCUT2D eigenvalue weighted by molar-refractivity contribution is 5.75. The molecule has 0 atom stereocenters. The van der Waals surface area contributed by atoms with Crippen LogP contribution in [-0.4, -0.2) is 15.0 Å². The molecule has 0 aliphatic carbocycles. The number of rotatable bonds is 1. The molecule has 3 heteroatoms. The molecule has 0 amide bonds. The summed E-state index contributed by atoms with van der Waals surface area (Å²) in [4.78, 5) is 0. The van der Waals surface area contributed by atoms with E-state index in [2.05, 4.69) is 10.3 Å². The maximum absolute atomic E-state index is 4.00. The lowest BCUT2D eigenvalue weighted by atomic mass is 10.3. The molecule has 1 aromatic heterocycles. The maximum atomic E-state index is 4.00. The Hall–Kier alpha value is -1.64. The van der Waals surface area contributed by atoms with Crippen molar-refractivity contribution in [2.75, 3.05) is 0 Å². The lowest BCUT2D eigenvalue weighted by Crippen LogP contribution is -1.87. The fourth-order valence-corrected chi connectivity index (χ4v) is 1.14. The van der Waals surface area contributed by atoms with Gasteiger partial charge in [0.15, 0.2) is 0 Å². The molecule has 0 spiro atoms. The first kappa shape index (κ1) is 7.03. The highest BCUT2D eigenvalue weighted by Crippen LogP contribution is 2.09. The predicted molar refractivity (Wildman–Crippen MR) is 48.5 cm³/mol. The normalized spacial score (nSPS) is 11.4. The van der Waals surface area contributed by atoms with Crippen molar-refractivity contribution in [3.63, 3.8) is 0 Å². The van der Waals surface area contributed by atoms with Gasteiger partial charge >= 0.3 is 0 Å². The summed E-state index contributed by atoms with van der Waals surface area (Å²) >= 11 is 0. The highest BCUT2D eigenvalue weighted by atomic mass is 15.4. The molecule has 1 heterocycles. The first-order valence-electron chi connectivity index (χ1n) is 3.84. The molecule has 1 aromatic carbocycles. The molecule has 0 saturated carbocycles. The van der Waals surface area contributed by atoms with Gasteiger partial charge in [0.2, 0.25) is 0 Å². The van der Waals surface area contributed by atoms with E-state index in [1.807, 2.05) is 43.5 Å². The van der Waals surface area contributed by atoms with E-state index in [4.69, 9.17) is 0 Å². The molecule has 2 rings (SSSR count). The van der Waals surface area contributed by atoms with Crippen LogP contribution in [0, 0.1) is 0 Å². The summed E-state index contributed by atoms with van der Waals surface area (Å²) in [5.74, 6) is 0. The predicted octanol–water partition coefficient (Wildman–Crippen LogP) is 1.92. The number of hydrogen-bond donors (Lipinski definition) is 0. The third kappa shape index (κ3) is 0.993. The van der Waals surface area contributed by atoms with Crippen LogP contribution in [0.2, 0.25) is 0 Å². The molecule has 0 radical (unpaired) electrons. The number of hydrogen-bond acceptors (Lipinski definition) is 2. The van der Waals surface area contributed by atoms with Crippen LogP contribution in [0.3, 0.4) is 0 Å². The van der Waals surface area contributed by atoms with Crippen molar-refractivity contribution in [1.29, 1.82) is 0 Å². The Morgan fingerprint density at radius 1 is 1.33 bits per heavy atom. The summed E-state index contributed by atoms with van der Waals surface area (Å²) in [6.07, 6.45) is 3.82. The van der Waals surface area contributed by atoms with E-state index in [1.54, 1.807) is 4.68 Å². The number of allylic oxidation sites excluding steroid dienone is 1. The number of fused-ring (bicyclic) bond motifs is 1. The second-order valence-corrected chi connectivity index (χ2v) is 2.51. The van der Waals surface area contributed by atoms with Gasteiger partial charge in [0, 0.05) is 6.20 Å². The first-order valence-corrected chi connectivity index (χ1v) is 3.84. The van der Waals surface area contributed by atoms with Crippen LogP contribution in [-0.2, 0) is 0 Å². The Morgan fingerprint density at radius 3 is 3.00 bits per heavy atom. The molecule has 0 N–H and O–H groups in total. The maximum Gasteiger partial charge on any atom is 0.113 e. The second kappa shape index (κ2) is 2.77. The molecular weight excluding hydrogens is 150 g/mol. The van der Waals surface area contributed by atoms with E-state index in [0.717, 1.165) is 11.0 Å². The topological polar surface area (TPSA) is 30.7 Å². The zero-order valence-corrected chi connectivity index (χ0v) is 6.81. The smallest absolute Gasteiger partial charge is 0.113 e. The lowest BCUT2D eigenvalue weighted by molar-refractivity contribution is 0.860. The minimum atomic E-state index is 0.926. The van der Waals surface area contributed by atoms with Crippen molar-refractivity contribution >= 4 is 17.2 Å². The van der Waals surface area contributed by atoms with Gasteiger partial charge in [0.05, 0.1) is 5.52 Å². The van der Waals surface area contributed by atoms with Crippen LogP contribution in [0.15, 0.2) is 30.3 Å². The number of para-hydroxylation sites is 1. The summed E-state index contributed by atoms with van der Waals surface area (Å²) in [5, 5.41) is 7.96.